The Morgan fingerprint density at radius 1 is 0.879 bits per heavy atom. The number of hydrogen-bond donors (Lipinski definition) is 0. The number of nitrogens with zero attached hydrogens (tertiary/aromatic N) is 1. The number of rotatable bonds is 1. The first-order valence-electron chi connectivity index (χ1n) is 10.2. The van der Waals surface area contributed by atoms with Gasteiger partial charge in [-0.25, -0.2) is 4.79 Å². The zero-order valence-corrected chi connectivity index (χ0v) is 26.3. The molecule has 8 heteroatoms. The summed E-state index contributed by atoms with van der Waals surface area (Å²) in [5.41, 5.74) is 6.20. The van der Waals surface area contributed by atoms with Crippen molar-refractivity contribution in [3.8, 4) is 11.5 Å². The minimum absolute atomic E-state index is 0.278. The van der Waals surface area contributed by atoms with Gasteiger partial charge >= 0.3 is 70.8 Å². The van der Waals surface area contributed by atoms with Crippen LogP contribution >= 0.6 is 59.9 Å². The number of halogens is 3. The van der Waals surface area contributed by atoms with Gasteiger partial charge in [0.15, 0.2) is 5.60 Å². The number of aryl methyl sites for hydroxylation is 3. The van der Waals surface area contributed by atoms with Crippen molar-refractivity contribution in [1.82, 2.24) is 0 Å². The maximum absolute atomic E-state index is 12.9. The van der Waals surface area contributed by atoms with E-state index >= 15 is 0 Å². The summed E-state index contributed by atoms with van der Waals surface area (Å²) in [6, 6.07) is 15.7. The summed E-state index contributed by atoms with van der Waals surface area (Å²) in [6.45, 7) is 8.01. The van der Waals surface area contributed by atoms with Crippen molar-refractivity contribution >= 4 is 77.8 Å². The Morgan fingerprint density at radius 3 is 2.12 bits per heavy atom. The topological polar surface area (TPSA) is 47.9 Å². The second-order valence-corrected chi connectivity index (χ2v) is 43.2. The van der Waals surface area contributed by atoms with E-state index in [1.807, 2.05) is 56.3 Å². The van der Waals surface area contributed by atoms with Gasteiger partial charge < -0.3 is 9.47 Å². The molecule has 0 fully saturated rings. The molecule has 0 saturated heterocycles. The monoisotopic (exact) mass is 815 g/mol. The van der Waals surface area contributed by atoms with Crippen LogP contribution in [0.25, 0.3) is 0 Å². The molecule has 170 valence electrons. The molecule has 1 spiro atoms. The summed E-state index contributed by atoms with van der Waals surface area (Å²) >= 11 is 7.39. The Morgan fingerprint density at radius 2 is 1.45 bits per heavy atom. The van der Waals surface area contributed by atoms with E-state index in [1.54, 1.807) is 6.21 Å². The Balaban J connectivity index is 0.000000601. The van der Waals surface area contributed by atoms with E-state index < -0.39 is 5.60 Å². The standard InChI is InChI=1S/C25H21NO3.3HI.V/c1-5-26-21-13-23-20(11-16(21)4)25(18-9-7-6-8-17(18)24(27)29-25)19-10-14(2)15(3)12-22(19)28-23;;;;/h5-13H,1-4H3;3*1H;/q;;;;+3/p-3. The number of esters is 1. The molecule has 4 nitrogen and oxygen atoms in total. The van der Waals surface area contributed by atoms with E-state index in [4.69, 9.17) is 9.47 Å². The van der Waals surface area contributed by atoms with Crippen LogP contribution in [0.15, 0.2) is 53.5 Å². The van der Waals surface area contributed by atoms with Crippen molar-refractivity contribution in [3.05, 3.63) is 87.5 Å². The molecule has 1 unspecified atom stereocenters. The summed E-state index contributed by atoms with van der Waals surface area (Å²) in [6.07, 6.45) is 1.76. The molecule has 1 atom stereocenters. The summed E-state index contributed by atoms with van der Waals surface area (Å²) in [4.78, 5) is 17.1. The number of carbonyl (C=O) groups excluding carboxylic acids is 1. The zero-order valence-electron chi connectivity index (χ0n) is 18.4. The van der Waals surface area contributed by atoms with Crippen molar-refractivity contribution in [1.29, 1.82) is 0 Å². The third-order valence-electron chi connectivity index (χ3n) is 5.91. The Labute approximate surface area is 231 Å². The second-order valence-electron chi connectivity index (χ2n) is 7.86. The molecule has 0 saturated carbocycles. The maximum atomic E-state index is 12.9. The van der Waals surface area contributed by atoms with Gasteiger partial charge in [-0.2, -0.15) is 0 Å². The number of hydrogen-bond acceptors (Lipinski definition) is 4. The van der Waals surface area contributed by atoms with Gasteiger partial charge in [0.05, 0.1) is 11.3 Å². The number of benzene rings is 3. The van der Waals surface area contributed by atoms with Crippen LogP contribution in [0.5, 0.6) is 11.5 Å². The fourth-order valence-electron chi connectivity index (χ4n) is 4.35. The van der Waals surface area contributed by atoms with E-state index in [0.29, 0.717) is 17.1 Å². The average molecular weight is 815 g/mol. The van der Waals surface area contributed by atoms with Gasteiger partial charge in [0, 0.05) is 29.0 Å². The molecule has 0 bridgehead atoms. The van der Waals surface area contributed by atoms with Gasteiger partial charge in [-0.3, -0.25) is 4.99 Å². The van der Waals surface area contributed by atoms with Gasteiger partial charge in [0.2, 0.25) is 0 Å². The van der Waals surface area contributed by atoms with Crippen LogP contribution in [0.4, 0.5) is 5.69 Å². The Kier molecular flexibility index (Phi) is 7.84. The molecule has 2 aliphatic heterocycles. The second kappa shape index (κ2) is 10.2. The first-order valence-corrected chi connectivity index (χ1v) is 23.7. The van der Waals surface area contributed by atoms with Gasteiger partial charge in [0.1, 0.15) is 11.5 Å². The van der Waals surface area contributed by atoms with E-state index in [1.165, 1.54) is 0 Å². The van der Waals surface area contributed by atoms with Gasteiger partial charge in [0.25, 0.3) is 0 Å². The van der Waals surface area contributed by atoms with Crippen LogP contribution in [0, 0.1) is 20.8 Å². The predicted molar refractivity (Wildman–Crippen MR) is 155 cm³/mol. The van der Waals surface area contributed by atoms with Crippen LogP contribution in [0.3, 0.4) is 0 Å². The molecule has 0 radical (unpaired) electrons. The molecule has 0 aromatic heterocycles. The van der Waals surface area contributed by atoms with Gasteiger partial charge in [-0.05, 0) is 68.7 Å². The normalized spacial score (nSPS) is 17.8. The fourth-order valence-corrected chi connectivity index (χ4v) is 4.35. The molecule has 5 rings (SSSR count). The van der Waals surface area contributed by atoms with Crippen LogP contribution in [-0.2, 0) is 15.3 Å². The van der Waals surface area contributed by atoms with E-state index in [0.717, 1.165) is 39.1 Å². The molecule has 3 aromatic carbocycles. The molecule has 2 aliphatic rings. The van der Waals surface area contributed by atoms with Crippen LogP contribution < -0.4 is 4.74 Å². The molecular weight excluding hydrogens is 794 g/mol. The summed E-state index contributed by atoms with van der Waals surface area (Å²) in [7, 11) is 0. The zero-order chi connectivity index (χ0) is 23.9. The molecule has 3 aromatic rings. The van der Waals surface area contributed by atoms with Gasteiger partial charge in [-0.15, -0.1) is 0 Å². The fraction of sp³-hybridized carbons (Fsp3) is 0.200. The van der Waals surface area contributed by atoms with Gasteiger partial charge in [-0.1, -0.05) is 18.2 Å². The van der Waals surface area contributed by atoms with Crippen molar-refractivity contribution < 1.29 is 19.2 Å². The SMILES string of the molecule is CC=Nc1cc2c(cc1C)C1(OC(=O)c3ccccc31)c1cc(C)c(C)cc1O2.[I][V]([I])[I]. The Hall–Kier alpha value is -0.626. The summed E-state index contributed by atoms with van der Waals surface area (Å²) in [5.74, 6) is 1.06. The quantitative estimate of drug-likeness (QED) is 0.141. The predicted octanol–water partition coefficient (Wildman–Crippen LogP) is 8.56. The van der Waals surface area contributed by atoms with Crippen molar-refractivity contribution in [2.24, 2.45) is 4.99 Å². The van der Waals surface area contributed by atoms with E-state index in [9.17, 15) is 4.79 Å². The first kappa shape index (κ1) is 25.5. The molecule has 0 N–H and O–H groups in total. The number of carbonyl (C=O) groups is 1. The minimum atomic E-state index is -1.02. The average Bonchev–Trinajstić information content (AvgIpc) is 3.05. The molecule has 2 heterocycles. The molecule has 0 amide bonds. The van der Waals surface area contributed by atoms with E-state index in [-0.39, 0.29) is 10.9 Å². The molecule has 0 aliphatic carbocycles. The third-order valence-corrected chi connectivity index (χ3v) is 5.91. The summed E-state index contributed by atoms with van der Waals surface area (Å²) in [5, 5.41) is 0. The first-order chi connectivity index (χ1) is 15.7. The van der Waals surface area contributed by atoms with Crippen molar-refractivity contribution in [3.63, 3.8) is 0 Å². The van der Waals surface area contributed by atoms with Crippen LogP contribution in [-0.4, -0.2) is 12.2 Å². The van der Waals surface area contributed by atoms with Crippen molar-refractivity contribution in [2.75, 3.05) is 0 Å². The van der Waals surface area contributed by atoms with Crippen LogP contribution in [0.1, 0.15) is 50.7 Å². The van der Waals surface area contributed by atoms with E-state index in [2.05, 4.69) is 84.8 Å². The van der Waals surface area contributed by atoms with Crippen LogP contribution in [0.2, 0.25) is 0 Å². The Bertz CT molecular complexity index is 1290. The number of aliphatic imine (C=N–C) groups is 1. The molecular formula is C25H21I3NO3V. The number of fused-ring (bicyclic) bond motifs is 6. The third kappa shape index (κ3) is 4.64. The number of ether oxygens (including phenoxy) is 2. The molecule has 33 heavy (non-hydrogen) atoms. The van der Waals surface area contributed by atoms with Crippen molar-refractivity contribution in [2.45, 2.75) is 33.3 Å². The summed E-state index contributed by atoms with van der Waals surface area (Å²) < 4.78 is 12.5.